The lowest BCUT2D eigenvalue weighted by Gasteiger charge is -2.48. The standard InChI is InChI=1S/C28H38O11/c1-15-11-18(29)13-27(3,4)28(15,36)10-9-16(2)38-26-25(35)24(34)23(33)21(39-26)14-37-22(32)8-6-17-5-7-19(30)20(31)12-17/h5-10,12,15-16,21,23-26,30-31,33-36H,11,13-14H2,1-4H3/t15-,16-,21?,23?,24?,25?,26?,28-/m1/s1. The summed E-state index contributed by atoms with van der Waals surface area (Å²) in [5.41, 5.74) is -1.55. The Hall–Kier alpha value is -2.80. The van der Waals surface area contributed by atoms with E-state index in [0.717, 1.165) is 6.08 Å². The van der Waals surface area contributed by atoms with Gasteiger partial charge in [-0.15, -0.1) is 0 Å². The molecule has 11 nitrogen and oxygen atoms in total. The molecule has 5 unspecified atom stereocenters. The van der Waals surface area contributed by atoms with Crippen LogP contribution in [0.5, 0.6) is 11.5 Å². The summed E-state index contributed by atoms with van der Waals surface area (Å²) in [5, 5.41) is 61.3. The van der Waals surface area contributed by atoms with Crippen LogP contribution in [0.25, 0.3) is 6.08 Å². The minimum Gasteiger partial charge on any atom is -0.504 e. The van der Waals surface area contributed by atoms with Gasteiger partial charge in [-0.3, -0.25) is 4.79 Å². The Bertz CT molecular complexity index is 1100. The molecule has 1 saturated heterocycles. The highest BCUT2D eigenvalue weighted by molar-refractivity contribution is 5.87. The van der Waals surface area contributed by atoms with E-state index in [-0.39, 0.29) is 36.0 Å². The third kappa shape index (κ3) is 7.05. The van der Waals surface area contributed by atoms with Gasteiger partial charge in [0.25, 0.3) is 0 Å². The van der Waals surface area contributed by atoms with Crippen molar-refractivity contribution in [3.05, 3.63) is 42.0 Å². The summed E-state index contributed by atoms with van der Waals surface area (Å²) in [6.07, 6.45) is -2.05. The quantitative estimate of drug-likeness (QED) is 0.118. The second-order valence-corrected chi connectivity index (χ2v) is 11.0. The number of Topliss-reactive ketones (excluding diaryl/α,β-unsaturated/α-hetero) is 1. The monoisotopic (exact) mass is 550 g/mol. The SMILES string of the molecule is C[C@H](C=C[C@@]1(O)[C@H](C)CC(=O)CC1(C)C)OC1OC(COC(=O)C=Cc2ccc(O)c(O)c2)C(O)C(O)C1O. The third-order valence-electron chi connectivity index (χ3n) is 7.45. The zero-order valence-electron chi connectivity index (χ0n) is 22.4. The second kappa shape index (κ2) is 12.2. The maximum absolute atomic E-state index is 12.1. The number of ketones is 1. The molecule has 0 bridgehead atoms. The molecule has 0 aromatic heterocycles. The number of phenolic OH excluding ortho intramolecular Hbond substituents is 2. The average Bonchev–Trinajstić information content (AvgIpc) is 2.86. The van der Waals surface area contributed by atoms with Crippen LogP contribution in [-0.2, 0) is 23.8 Å². The van der Waals surface area contributed by atoms with Crippen molar-refractivity contribution in [2.75, 3.05) is 6.61 Å². The number of phenols is 2. The number of aliphatic hydroxyl groups is 4. The van der Waals surface area contributed by atoms with E-state index in [0.29, 0.717) is 5.56 Å². The van der Waals surface area contributed by atoms with E-state index in [1.807, 2.05) is 13.8 Å². The highest BCUT2D eigenvalue weighted by Gasteiger charge is 2.51. The van der Waals surface area contributed by atoms with E-state index in [2.05, 4.69) is 0 Å². The number of hydrogen-bond acceptors (Lipinski definition) is 11. The maximum atomic E-state index is 12.1. The van der Waals surface area contributed by atoms with Crippen LogP contribution in [-0.4, -0.2) is 91.4 Å². The summed E-state index contributed by atoms with van der Waals surface area (Å²) in [4.78, 5) is 24.2. The Balaban J connectivity index is 1.60. The van der Waals surface area contributed by atoms with Crippen LogP contribution in [0.3, 0.4) is 0 Å². The number of aliphatic hydroxyl groups excluding tert-OH is 3. The van der Waals surface area contributed by atoms with E-state index < -0.39 is 60.4 Å². The molecule has 1 aliphatic carbocycles. The fourth-order valence-corrected chi connectivity index (χ4v) is 4.99. The first-order valence-corrected chi connectivity index (χ1v) is 12.8. The van der Waals surface area contributed by atoms with E-state index in [4.69, 9.17) is 14.2 Å². The van der Waals surface area contributed by atoms with Gasteiger partial charge in [0, 0.05) is 24.3 Å². The first-order valence-electron chi connectivity index (χ1n) is 12.8. The Morgan fingerprint density at radius 3 is 2.49 bits per heavy atom. The first kappa shape index (κ1) is 30.7. The Morgan fingerprint density at radius 1 is 1.15 bits per heavy atom. The Labute approximate surface area is 226 Å². The molecule has 0 amide bonds. The molecule has 1 aromatic rings. The van der Waals surface area contributed by atoms with Crippen LogP contribution in [0, 0.1) is 11.3 Å². The number of esters is 1. The molecule has 1 aliphatic heterocycles. The van der Waals surface area contributed by atoms with Crippen molar-refractivity contribution in [3.63, 3.8) is 0 Å². The van der Waals surface area contributed by atoms with Crippen molar-refractivity contribution in [3.8, 4) is 11.5 Å². The molecule has 1 heterocycles. The smallest absolute Gasteiger partial charge is 0.330 e. The first-order chi connectivity index (χ1) is 18.1. The fraction of sp³-hybridized carbons (Fsp3) is 0.571. The number of carbonyl (C=O) groups excluding carboxylic acids is 2. The van der Waals surface area contributed by atoms with E-state index >= 15 is 0 Å². The number of carbonyl (C=O) groups is 2. The molecule has 8 atom stereocenters. The lowest BCUT2D eigenvalue weighted by atomic mass is 9.60. The molecule has 2 aliphatic rings. The number of hydrogen-bond donors (Lipinski definition) is 6. The lowest BCUT2D eigenvalue weighted by molar-refractivity contribution is -0.306. The zero-order valence-corrected chi connectivity index (χ0v) is 22.4. The van der Waals surface area contributed by atoms with Gasteiger partial charge in [-0.1, -0.05) is 39.0 Å². The minimum absolute atomic E-state index is 0.0861. The van der Waals surface area contributed by atoms with Gasteiger partial charge in [-0.05, 0) is 36.6 Å². The summed E-state index contributed by atoms with van der Waals surface area (Å²) in [6, 6.07) is 3.97. The molecule has 1 saturated carbocycles. The summed E-state index contributed by atoms with van der Waals surface area (Å²) in [6.45, 7) is 6.62. The average molecular weight is 551 g/mol. The van der Waals surface area contributed by atoms with Crippen molar-refractivity contribution >= 4 is 17.8 Å². The fourth-order valence-electron chi connectivity index (χ4n) is 4.99. The Kier molecular flexibility index (Phi) is 9.58. The van der Waals surface area contributed by atoms with Gasteiger partial charge in [0.1, 0.15) is 36.8 Å². The zero-order chi connectivity index (χ0) is 29.1. The van der Waals surface area contributed by atoms with Gasteiger partial charge in [0.15, 0.2) is 17.8 Å². The number of aromatic hydroxyl groups is 2. The second-order valence-electron chi connectivity index (χ2n) is 11.0. The van der Waals surface area contributed by atoms with Gasteiger partial charge in [0.05, 0.1) is 11.7 Å². The van der Waals surface area contributed by atoms with Crippen molar-refractivity contribution in [2.24, 2.45) is 11.3 Å². The summed E-state index contributed by atoms with van der Waals surface area (Å²) >= 11 is 0. The van der Waals surface area contributed by atoms with Crippen molar-refractivity contribution in [2.45, 2.75) is 82.9 Å². The summed E-state index contributed by atoms with van der Waals surface area (Å²) < 4.78 is 16.4. The molecule has 216 valence electrons. The Morgan fingerprint density at radius 2 is 1.85 bits per heavy atom. The predicted molar refractivity (Wildman–Crippen MR) is 138 cm³/mol. The van der Waals surface area contributed by atoms with Gasteiger partial charge in [0.2, 0.25) is 0 Å². The van der Waals surface area contributed by atoms with Gasteiger partial charge in [-0.25, -0.2) is 4.79 Å². The molecular formula is C28H38O11. The topological polar surface area (TPSA) is 183 Å². The van der Waals surface area contributed by atoms with E-state index in [9.17, 15) is 40.2 Å². The normalized spacial score (nSPS) is 33.9. The molecule has 6 N–H and O–H groups in total. The predicted octanol–water partition coefficient (Wildman–Crippen LogP) is 1.18. The summed E-state index contributed by atoms with van der Waals surface area (Å²) in [7, 11) is 0. The van der Waals surface area contributed by atoms with Gasteiger partial charge in [-0.2, -0.15) is 0 Å². The molecule has 39 heavy (non-hydrogen) atoms. The lowest BCUT2D eigenvalue weighted by Crippen LogP contribution is -2.59. The van der Waals surface area contributed by atoms with Crippen LogP contribution in [0.15, 0.2) is 36.4 Å². The highest BCUT2D eigenvalue weighted by atomic mass is 16.7. The van der Waals surface area contributed by atoms with Crippen molar-refractivity contribution in [1.29, 1.82) is 0 Å². The van der Waals surface area contributed by atoms with Crippen LogP contribution >= 0.6 is 0 Å². The third-order valence-corrected chi connectivity index (χ3v) is 7.45. The number of rotatable bonds is 8. The van der Waals surface area contributed by atoms with Crippen LogP contribution in [0.1, 0.15) is 46.1 Å². The molecule has 3 rings (SSSR count). The largest absolute Gasteiger partial charge is 0.504 e. The molecule has 0 spiro atoms. The molecular weight excluding hydrogens is 512 g/mol. The summed E-state index contributed by atoms with van der Waals surface area (Å²) in [5.74, 6) is -1.70. The number of ether oxygens (including phenoxy) is 3. The molecule has 11 heteroatoms. The maximum Gasteiger partial charge on any atom is 0.330 e. The van der Waals surface area contributed by atoms with Crippen LogP contribution in [0.4, 0.5) is 0 Å². The molecule has 2 fully saturated rings. The molecule has 0 radical (unpaired) electrons. The minimum atomic E-state index is -1.65. The van der Waals surface area contributed by atoms with E-state index in [1.165, 1.54) is 24.3 Å². The van der Waals surface area contributed by atoms with Crippen LogP contribution < -0.4 is 0 Å². The van der Waals surface area contributed by atoms with Gasteiger partial charge >= 0.3 is 5.97 Å². The van der Waals surface area contributed by atoms with E-state index in [1.54, 1.807) is 26.0 Å². The van der Waals surface area contributed by atoms with Gasteiger partial charge < -0.3 is 44.8 Å². The highest BCUT2D eigenvalue weighted by Crippen LogP contribution is 2.46. The molecule has 1 aromatic carbocycles. The van der Waals surface area contributed by atoms with Crippen molar-refractivity contribution in [1.82, 2.24) is 0 Å². The number of benzene rings is 1. The van der Waals surface area contributed by atoms with Crippen molar-refractivity contribution < 1.29 is 54.4 Å². The van der Waals surface area contributed by atoms with Crippen LogP contribution in [0.2, 0.25) is 0 Å².